The molecule has 2 aromatic rings. The van der Waals surface area contributed by atoms with Crippen molar-refractivity contribution in [2.75, 3.05) is 6.61 Å². The van der Waals surface area contributed by atoms with E-state index in [2.05, 4.69) is 88.2 Å². The van der Waals surface area contributed by atoms with Gasteiger partial charge in [-0.1, -0.05) is 66.2 Å². The third kappa shape index (κ3) is 4.33. The molecule has 21 heavy (non-hydrogen) atoms. The van der Waals surface area contributed by atoms with Crippen molar-refractivity contribution in [2.45, 2.75) is 31.0 Å². The largest absolute Gasteiger partial charge is 0.492 e. The highest BCUT2D eigenvalue weighted by molar-refractivity contribution is 9.10. The van der Waals surface area contributed by atoms with Crippen molar-refractivity contribution in [1.82, 2.24) is 0 Å². The van der Waals surface area contributed by atoms with Gasteiger partial charge in [0.2, 0.25) is 0 Å². The summed E-state index contributed by atoms with van der Waals surface area (Å²) in [6, 6.07) is 16.9. The molecule has 0 aliphatic carbocycles. The quantitative estimate of drug-likeness (QED) is 0.494. The molecule has 1 nitrogen and oxygen atoms in total. The van der Waals surface area contributed by atoms with Crippen molar-refractivity contribution in [3.63, 3.8) is 0 Å². The molecule has 0 bridgehead atoms. The zero-order valence-corrected chi connectivity index (χ0v) is 15.5. The van der Waals surface area contributed by atoms with Crippen LogP contribution in [-0.4, -0.2) is 6.61 Å². The van der Waals surface area contributed by atoms with Crippen LogP contribution in [0.1, 0.15) is 42.1 Å². The van der Waals surface area contributed by atoms with Crippen LogP contribution in [0, 0.1) is 0 Å². The van der Waals surface area contributed by atoms with Gasteiger partial charge in [0, 0.05) is 4.83 Å². The standard InChI is InChI=1S/C18H20Br2O/c1-3-11-21-17-10-9-15(12-16(17)19)18(20)13(2)14-7-5-4-6-8-14/h4-10,12-13,18H,3,11H2,1-2H3. The molecule has 0 heterocycles. The predicted molar refractivity (Wildman–Crippen MR) is 96.5 cm³/mol. The molecule has 2 unspecified atom stereocenters. The van der Waals surface area contributed by atoms with Gasteiger partial charge in [-0.05, 0) is 51.5 Å². The van der Waals surface area contributed by atoms with Crippen LogP contribution in [0.25, 0.3) is 0 Å². The normalized spacial score (nSPS) is 13.7. The molecule has 2 rings (SSSR count). The first-order valence-electron chi connectivity index (χ1n) is 7.24. The van der Waals surface area contributed by atoms with Gasteiger partial charge >= 0.3 is 0 Å². The summed E-state index contributed by atoms with van der Waals surface area (Å²) in [6.07, 6.45) is 1.01. The molecule has 0 saturated carbocycles. The summed E-state index contributed by atoms with van der Waals surface area (Å²) in [4.78, 5) is 0.274. The fourth-order valence-corrected chi connectivity index (χ4v) is 3.33. The summed E-state index contributed by atoms with van der Waals surface area (Å²) in [6.45, 7) is 5.10. The zero-order chi connectivity index (χ0) is 15.2. The predicted octanol–water partition coefficient (Wildman–Crippen LogP) is 6.48. The van der Waals surface area contributed by atoms with E-state index in [4.69, 9.17) is 4.74 Å². The van der Waals surface area contributed by atoms with Gasteiger partial charge in [0.1, 0.15) is 5.75 Å². The zero-order valence-electron chi connectivity index (χ0n) is 12.4. The summed E-state index contributed by atoms with van der Waals surface area (Å²) in [7, 11) is 0. The van der Waals surface area contributed by atoms with Crippen molar-refractivity contribution in [3.8, 4) is 5.75 Å². The van der Waals surface area contributed by atoms with Gasteiger partial charge in [-0.25, -0.2) is 0 Å². The molecule has 0 spiro atoms. The first-order valence-corrected chi connectivity index (χ1v) is 8.95. The number of alkyl halides is 1. The molecule has 0 aliphatic rings. The number of ether oxygens (including phenoxy) is 1. The van der Waals surface area contributed by atoms with Crippen LogP contribution in [0.15, 0.2) is 53.0 Å². The number of hydrogen-bond donors (Lipinski definition) is 0. The molecule has 2 aromatic carbocycles. The van der Waals surface area contributed by atoms with Gasteiger partial charge in [-0.15, -0.1) is 0 Å². The second-order valence-electron chi connectivity index (χ2n) is 5.14. The van der Waals surface area contributed by atoms with Crippen LogP contribution in [0.5, 0.6) is 5.75 Å². The van der Waals surface area contributed by atoms with Crippen molar-refractivity contribution in [2.24, 2.45) is 0 Å². The van der Waals surface area contributed by atoms with Crippen LogP contribution in [0.3, 0.4) is 0 Å². The van der Waals surface area contributed by atoms with Crippen LogP contribution < -0.4 is 4.74 Å². The van der Waals surface area contributed by atoms with E-state index < -0.39 is 0 Å². The van der Waals surface area contributed by atoms with Gasteiger partial charge in [0.25, 0.3) is 0 Å². The van der Waals surface area contributed by atoms with E-state index in [9.17, 15) is 0 Å². The Bertz CT molecular complexity index is 569. The Morgan fingerprint density at radius 3 is 2.38 bits per heavy atom. The highest BCUT2D eigenvalue weighted by Crippen LogP contribution is 2.40. The molecule has 0 radical (unpaired) electrons. The maximum Gasteiger partial charge on any atom is 0.133 e. The second-order valence-corrected chi connectivity index (χ2v) is 6.98. The highest BCUT2D eigenvalue weighted by atomic mass is 79.9. The number of hydrogen-bond acceptors (Lipinski definition) is 1. The van der Waals surface area contributed by atoms with Gasteiger partial charge in [-0.3, -0.25) is 0 Å². The lowest BCUT2D eigenvalue weighted by Gasteiger charge is -2.20. The van der Waals surface area contributed by atoms with Gasteiger partial charge in [0.15, 0.2) is 0 Å². The maximum absolute atomic E-state index is 5.70. The van der Waals surface area contributed by atoms with Crippen molar-refractivity contribution < 1.29 is 4.74 Å². The first kappa shape index (κ1) is 16.6. The lowest BCUT2D eigenvalue weighted by molar-refractivity contribution is 0.315. The molecule has 0 aromatic heterocycles. The molecule has 0 fully saturated rings. The Balaban J connectivity index is 2.16. The fraction of sp³-hybridized carbons (Fsp3) is 0.333. The van der Waals surface area contributed by atoms with Crippen LogP contribution >= 0.6 is 31.9 Å². The Hall–Kier alpha value is -0.800. The monoisotopic (exact) mass is 410 g/mol. The lowest BCUT2D eigenvalue weighted by Crippen LogP contribution is -2.03. The van der Waals surface area contributed by atoms with Crippen LogP contribution in [0.2, 0.25) is 0 Å². The Kier molecular flexibility index (Phi) is 6.31. The first-order chi connectivity index (χ1) is 10.1. The highest BCUT2D eigenvalue weighted by Gasteiger charge is 2.18. The summed E-state index contributed by atoms with van der Waals surface area (Å²) in [5.74, 6) is 1.31. The summed E-state index contributed by atoms with van der Waals surface area (Å²) in [5.41, 5.74) is 2.59. The topological polar surface area (TPSA) is 9.23 Å². The van der Waals surface area contributed by atoms with E-state index in [1.807, 2.05) is 6.07 Å². The number of halogens is 2. The summed E-state index contributed by atoms with van der Waals surface area (Å²) in [5, 5.41) is 0. The molecular formula is C18H20Br2O. The smallest absolute Gasteiger partial charge is 0.133 e. The van der Waals surface area contributed by atoms with Crippen LogP contribution in [0.4, 0.5) is 0 Å². The molecule has 2 atom stereocenters. The molecule has 3 heteroatoms. The Labute approximate surface area is 144 Å². The Morgan fingerprint density at radius 1 is 1.05 bits per heavy atom. The summed E-state index contributed by atoms with van der Waals surface area (Å²) >= 11 is 7.44. The van der Waals surface area contributed by atoms with Gasteiger partial charge in [-0.2, -0.15) is 0 Å². The van der Waals surface area contributed by atoms with E-state index in [-0.39, 0.29) is 4.83 Å². The number of benzene rings is 2. The van der Waals surface area contributed by atoms with Crippen molar-refractivity contribution >= 4 is 31.9 Å². The minimum atomic E-state index is 0.274. The molecule has 0 amide bonds. The van der Waals surface area contributed by atoms with Crippen molar-refractivity contribution in [1.29, 1.82) is 0 Å². The SMILES string of the molecule is CCCOc1ccc(C(Br)C(C)c2ccccc2)cc1Br. The maximum atomic E-state index is 5.70. The Morgan fingerprint density at radius 2 is 1.76 bits per heavy atom. The van der Waals surface area contributed by atoms with Gasteiger partial charge < -0.3 is 4.74 Å². The molecule has 0 aliphatic heterocycles. The van der Waals surface area contributed by atoms with E-state index in [1.165, 1.54) is 11.1 Å². The summed E-state index contributed by atoms with van der Waals surface area (Å²) < 4.78 is 6.72. The van der Waals surface area contributed by atoms with E-state index in [0.717, 1.165) is 23.2 Å². The third-order valence-electron chi connectivity index (χ3n) is 3.50. The second kappa shape index (κ2) is 8.00. The molecular weight excluding hydrogens is 392 g/mol. The third-order valence-corrected chi connectivity index (χ3v) is 5.44. The number of rotatable bonds is 6. The average molecular weight is 412 g/mol. The van der Waals surface area contributed by atoms with E-state index in [0.29, 0.717) is 5.92 Å². The molecule has 112 valence electrons. The molecule has 0 saturated heterocycles. The van der Waals surface area contributed by atoms with E-state index >= 15 is 0 Å². The van der Waals surface area contributed by atoms with Crippen molar-refractivity contribution in [3.05, 3.63) is 64.1 Å². The minimum Gasteiger partial charge on any atom is -0.492 e. The van der Waals surface area contributed by atoms with Crippen LogP contribution in [-0.2, 0) is 0 Å². The lowest BCUT2D eigenvalue weighted by atomic mass is 9.93. The fourth-order valence-electron chi connectivity index (χ4n) is 2.23. The van der Waals surface area contributed by atoms with Gasteiger partial charge in [0.05, 0.1) is 11.1 Å². The minimum absolute atomic E-state index is 0.274. The van der Waals surface area contributed by atoms with E-state index in [1.54, 1.807) is 0 Å². The molecule has 0 N–H and O–H groups in total. The average Bonchev–Trinajstić information content (AvgIpc) is 2.53.